The summed E-state index contributed by atoms with van der Waals surface area (Å²) < 4.78 is 198. The van der Waals surface area contributed by atoms with Crippen LogP contribution in [0.3, 0.4) is 0 Å². The van der Waals surface area contributed by atoms with E-state index in [0.29, 0.717) is 0 Å². The maximum Gasteiger partial charge on any atom is 0.260 e. The first kappa shape index (κ1) is 10.6. The summed E-state index contributed by atoms with van der Waals surface area (Å²) in [6.45, 7) is -1.62. The van der Waals surface area contributed by atoms with Crippen molar-refractivity contribution in [2.45, 2.75) is 0 Å². The van der Waals surface area contributed by atoms with E-state index < -0.39 is 201 Å². The Bertz CT molecular complexity index is 3360. The Kier molecular flexibility index (Phi) is 2.18. The van der Waals surface area contributed by atoms with Gasteiger partial charge in [-0.15, -0.1) is 0 Å². The van der Waals surface area contributed by atoms with E-state index in [2.05, 4.69) is 0 Å². The van der Waals surface area contributed by atoms with Gasteiger partial charge in [0, 0.05) is 27.4 Å². The molecule has 0 N–H and O–H groups in total. The van der Waals surface area contributed by atoms with Crippen molar-refractivity contribution in [3.63, 3.8) is 0 Å². The van der Waals surface area contributed by atoms with Gasteiger partial charge in [0.25, 0.3) is 6.71 Å². The lowest BCUT2D eigenvalue weighted by Gasteiger charge is -2.34. The third kappa shape index (κ3) is 3.06. The number of para-hydroxylation sites is 5. The van der Waals surface area contributed by atoms with E-state index >= 15 is 0 Å². The summed E-state index contributed by atoms with van der Waals surface area (Å²) in [6.07, 6.45) is 0. The van der Waals surface area contributed by atoms with Crippen molar-refractivity contribution in [3.8, 4) is 45.9 Å². The number of fused-ring (bicyclic) bond motifs is 7. The molecule has 2 aliphatic heterocycles. The molecule has 0 fully saturated rings. The molecule has 0 saturated carbocycles. The third-order valence-electron chi connectivity index (χ3n) is 7.13. The Morgan fingerprint density at radius 3 is 1.88 bits per heavy atom. The maximum absolute atomic E-state index is 11.1. The van der Waals surface area contributed by atoms with Crippen molar-refractivity contribution in [1.29, 1.82) is 5.26 Å². The Hall–Kier alpha value is -5.73. The number of hydrogen-bond donors (Lipinski definition) is 0. The molecule has 1 aromatic heterocycles. The van der Waals surface area contributed by atoms with Gasteiger partial charge in [-0.05, 0) is 47.2 Å². The molecule has 9 rings (SSSR count). The molecular weight excluding hydrogens is 515 g/mol. The minimum atomic E-state index is -1.62. The van der Waals surface area contributed by atoms with Gasteiger partial charge in [0.05, 0.1) is 45.5 Å². The highest BCUT2D eigenvalue weighted by Crippen LogP contribution is 2.44. The molecule has 0 spiro atoms. The van der Waals surface area contributed by atoms with Gasteiger partial charge in [0.15, 0.2) is 0 Å². The van der Waals surface area contributed by atoms with Crippen molar-refractivity contribution >= 4 is 44.9 Å². The van der Waals surface area contributed by atoms with Gasteiger partial charge >= 0.3 is 0 Å². The van der Waals surface area contributed by atoms with E-state index in [9.17, 15) is 9.37 Å². The van der Waals surface area contributed by atoms with Crippen molar-refractivity contribution in [1.82, 2.24) is 4.57 Å². The fourth-order valence-electron chi connectivity index (χ4n) is 5.46. The number of nitrogens with zero attached hydrogens (tertiary/aromatic N) is 2. The maximum atomic E-state index is 11.1. The van der Waals surface area contributed by atoms with Gasteiger partial charge in [-0.1, -0.05) is 90.6 Å². The normalized spacial score (nSPS) is 19.6. The van der Waals surface area contributed by atoms with E-state index in [1.165, 1.54) is 0 Å². The van der Waals surface area contributed by atoms with Crippen LogP contribution in [0.1, 0.15) is 34.3 Å². The van der Waals surface area contributed by atoms with Gasteiger partial charge in [0.2, 0.25) is 0 Å². The number of benzene rings is 6. The lowest BCUT2D eigenvalue weighted by Crippen LogP contribution is -2.57. The molecule has 0 unspecified atom stereocenters. The van der Waals surface area contributed by atoms with Crippen molar-refractivity contribution < 1.29 is 38.3 Å². The van der Waals surface area contributed by atoms with Crippen LogP contribution in [0.2, 0.25) is 0 Å². The van der Waals surface area contributed by atoms with E-state index in [1.807, 2.05) is 6.07 Å². The summed E-state index contributed by atoms with van der Waals surface area (Å²) in [7, 11) is 0. The molecule has 0 saturated heterocycles. The first-order valence-corrected chi connectivity index (χ1v) is 12.3. The molecule has 0 atom stereocenters. The largest absolute Gasteiger partial charge is 0.458 e. The van der Waals surface area contributed by atoms with Crippen LogP contribution in [-0.2, 0) is 0 Å². The number of ether oxygens (including phenoxy) is 2. The zero-order valence-corrected chi connectivity index (χ0v) is 20.8. The van der Waals surface area contributed by atoms with E-state index in [4.69, 9.17) is 34.1 Å². The lowest BCUT2D eigenvalue weighted by molar-refractivity contribution is 0.464. The number of rotatable bonds is 2. The Labute approximate surface area is 272 Å². The molecule has 4 nitrogen and oxygen atoms in total. The van der Waals surface area contributed by atoms with Crippen LogP contribution < -0.4 is 25.9 Å². The molecule has 3 heterocycles. The van der Waals surface area contributed by atoms with Crippen LogP contribution >= 0.6 is 0 Å². The van der Waals surface area contributed by atoms with Crippen molar-refractivity contribution in [3.05, 3.63) is 132 Å². The molecule has 6 aromatic carbocycles. The molecule has 5 heteroatoms. The van der Waals surface area contributed by atoms with Gasteiger partial charge in [0.1, 0.15) is 34.6 Å². The van der Waals surface area contributed by atoms with Crippen LogP contribution in [0.15, 0.2) is 127 Å². The molecule has 0 amide bonds. The standard InChI is InChI=1S/C37H21BN2O2/c39-22-27-26(25-13-3-8-18-32(25)40-30-16-6-1-11-23(30)24-12-2-7-17-31(24)40)21-35-36-37(27)42-34-20-10-5-15-29(34)38(36)28-14-4-9-19-33(28)41-35/h1-21H/i1D,2D,3D,4D,5D,6D,7D,8D,9D,10D,11D,12D,13D,14D,15D,16D,17D,18D,19D,20D,21D. The predicted molar refractivity (Wildman–Crippen MR) is 169 cm³/mol. The zero-order chi connectivity index (χ0) is 46.1. The molecule has 0 bridgehead atoms. The Balaban J connectivity index is 1.54. The highest BCUT2D eigenvalue weighted by atomic mass is 16.5. The second-order valence-electron chi connectivity index (χ2n) is 9.19. The molecule has 0 aliphatic carbocycles. The van der Waals surface area contributed by atoms with E-state index in [0.717, 1.165) is 4.57 Å². The monoisotopic (exact) mass is 557 g/mol. The summed E-state index contributed by atoms with van der Waals surface area (Å²) in [4.78, 5) is 0. The second kappa shape index (κ2) is 8.64. The fourth-order valence-corrected chi connectivity index (χ4v) is 5.46. The minimum Gasteiger partial charge on any atom is -0.458 e. The fraction of sp³-hybridized carbons (Fsp3) is 0. The van der Waals surface area contributed by atoms with E-state index in [-0.39, 0.29) is 16.4 Å². The van der Waals surface area contributed by atoms with Gasteiger partial charge in [-0.2, -0.15) is 5.26 Å². The van der Waals surface area contributed by atoms with Crippen molar-refractivity contribution in [2.24, 2.45) is 0 Å². The second-order valence-corrected chi connectivity index (χ2v) is 9.19. The summed E-state index contributed by atoms with van der Waals surface area (Å²) >= 11 is 0. The molecule has 0 radical (unpaired) electrons. The van der Waals surface area contributed by atoms with Gasteiger partial charge < -0.3 is 14.0 Å². The third-order valence-corrected chi connectivity index (χ3v) is 7.13. The number of nitriles is 1. The summed E-state index contributed by atoms with van der Waals surface area (Å²) in [6, 6.07) is -15.4. The van der Waals surface area contributed by atoms with Gasteiger partial charge in [-0.3, -0.25) is 0 Å². The average molecular weight is 558 g/mol. The van der Waals surface area contributed by atoms with Crippen LogP contribution in [-0.4, -0.2) is 11.3 Å². The summed E-state index contributed by atoms with van der Waals surface area (Å²) in [5.74, 6) is -2.39. The Morgan fingerprint density at radius 1 is 0.619 bits per heavy atom. The molecular formula is C37H21BN2O2. The minimum absolute atomic E-state index is 0.308. The van der Waals surface area contributed by atoms with E-state index in [1.54, 1.807) is 0 Å². The first-order valence-electron chi connectivity index (χ1n) is 22.8. The number of aromatic nitrogens is 1. The molecule has 7 aromatic rings. The smallest absolute Gasteiger partial charge is 0.260 e. The lowest BCUT2D eigenvalue weighted by atomic mass is 9.34. The quantitative estimate of drug-likeness (QED) is 0.214. The SMILES string of the molecule is [2H]c1c([2H])c([2H])c2c(c1[2H])Oc1c([2H])c(-c3c([2H])c([2H])c([2H])c([2H])c3-n3c4c([2H])c([2H])c([2H])c([2H])c4c4c([2H])c([2H])c([2H])c([2H])c43)c(C#N)c3c1B2c1c([2H])c([2H])c([2H])c([2H])c1O3. The zero-order valence-electron chi connectivity index (χ0n) is 41.8. The predicted octanol–water partition coefficient (Wildman–Crippen LogP) is 7.05. The molecule has 42 heavy (non-hydrogen) atoms. The summed E-state index contributed by atoms with van der Waals surface area (Å²) in [5.41, 5.74) is -5.08. The van der Waals surface area contributed by atoms with Crippen LogP contribution in [0, 0.1) is 11.3 Å². The van der Waals surface area contributed by atoms with Crippen LogP contribution in [0.5, 0.6) is 23.0 Å². The molecule has 194 valence electrons. The van der Waals surface area contributed by atoms with Crippen LogP contribution in [0.25, 0.3) is 38.6 Å². The van der Waals surface area contributed by atoms with Gasteiger partial charge in [-0.25, -0.2) is 0 Å². The van der Waals surface area contributed by atoms with Crippen LogP contribution in [0.4, 0.5) is 0 Å². The molecule has 2 aliphatic rings. The average Bonchev–Trinajstić information content (AvgIpc) is 3.62. The highest BCUT2D eigenvalue weighted by Gasteiger charge is 2.42. The Morgan fingerprint density at radius 2 is 1.19 bits per heavy atom. The highest BCUT2D eigenvalue weighted by molar-refractivity contribution is 6.98. The number of hydrogen-bond acceptors (Lipinski definition) is 3. The topological polar surface area (TPSA) is 47.2 Å². The van der Waals surface area contributed by atoms with Crippen molar-refractivity contribution in [2.75, 3.05) is 0 Å². The first-order chi connectivity index (χ1) is 29.5. The summed E-state index contributed by atoms with van der Waals surface area (Å²) in [5, 5.41) is 10.2.